The van der Waals surface area contributed by atoms with E-state index in [9.17, 15) is 9.50 Å². The van der Waals surface area contributed by atoms with Crippen LogP contribution in [0.3, 0.4) is 0 Å². The Balaban J connectivity index is 2.23. The summed E-state index contributed by atoms with van der Waals surface area (Å²) < 4.78 is 13.2. The molecule has 0 saturated heterocycles. The minimum atomic E-state index is -0.932. The lowest BCUT2D eigenvalue weighted by molar-refractivity contribution is -0.0282. The zero-order valence-corrected chi connectivity index (χ0v) is 8.12. The standard InChI is InChI=1S/C12H15FO/c13-11-7-4-8-12(14,9-11)10-5-2-1-3-6-10/h1-3,5-6,11,14H,4,7-9H2/t11-,12+/m0/s1. The topological polar surface area (TPSA) is 20.2 Å². The summed E-state index contributed by atoms with van der Waals surface area (Å²) in [6.45, 7) is 0. The summed E-state index contributed by atoms with van der Waals surface area (Å²) >= 11 is 0. The van der Waals surface area contributed by atoms with E-state index in [1.807, 2.05) is 30.3 Å². The molecule has 1 N–H and O–H groups in total. The van der Waals surface area contributed by atoms with Gasteiger partial charge < -0.3 is 5.11 Å². The van der Waals surface area contributed by atoms with E-state index in [4.69, 9.17) is 0 Å². The Morgan fingerprint density at radius 3 is 2.64 bits per heavy atom. The van der Waals surface area contributed by atoms with Crippen LogP contribution < -0.4 is 0 Å². The number of hydrogen-bond acceptors (Lipinski definition) is 1. The van der Waals surface area contributed by atoms with Crippen LogP contribution in [0.25, 0.3) is 0 Å². The highest BCUT2D eigenvalue weighted by Gasteiger charge is 2.35. The molecular weight excluding hydrogens is 179 g/mol. The lowest BCUT2D eigenvalue weighted by atomic mass is 9.79. The summed E-state index contributed by atoms with van der Waals surface area (Å²) in [7, 11) is 0. The second kappa shape index (κ2) is 3.70. The Morgan fingerprint density at radius 1 is 1.29 bits per heavy atom. The highest BCUT2D eigenvalue weighted by molar-refractivity contribution is 5.23. The van der Waals surface area contributed by atoms with Gasteiger partial charge in [0.1, 0.15) is 6.17 Å². The fraction of sp³-hybridized carbons (Fsp3) is 0.500. The number of alkyl halides is 1. The van der Waals surface area contributed by atoms with Crippen molar-refractivity contribution in [1.29, 1.82) is 0 Å². The van der Waals surface area contributed by atoms with Crippen LogP contribution >= 0.6 is 0 Å². The predicted octanol–water partition coefficient (Wildman–Crippen LogP) is 2.79. The van der Waals surface area contributed by atoms with Crippen LogP contribution in [0.4, 0.5) is 4.39 Å². The van der Waals surface area contributed by atoms with Gasteiger partial charge in [0.15, 0.2) is 0 Å². The molecular formula is C12H15FO. The van der Waals surface area contributed by atoms with Crippen LogP contribution in [0, 0.1) is 0 Å². The molecule has 0 spiro atoms. The third-order valence-electron chi connectivity index (χ3n) is 2.98. The van der Waals surface area contributed by atoms with Crippen molar-refractivity contribution in [3.05, 3.63) is 35.9 Å². The van der Waals surface area contributed by atoms with E-state index in [0.29, 0.717) is 12.8 Å². The molecule has 0 heterocycles. The first-order valence-corrected chi connectivity index (χ1v) is 5.13. The number of rotatable bonds is 1. The average molecular weight is 194 g/mol. The summed E-state index contributed by atoms with van der Waals surface area (Å²) in [5.74, 6) is 0. The molecule has 1 aromatic rings. The summed E-state index contributed by atoms with van der Waals surface area (Å²) in [4.78, 5) is 0. The lowest BCUT2D eigenvalue weighted by Crippen LogP contribution is -2.33. The molecule has 1 aliphatic carbocycles. The quantitative estimate of drug-likeness (QED) is 0.728. The van der Waals surface area contributed by atoms with Crippen LogP contribution in [0.5, 0.6) is 0 Å². The van der Waals surface area contributed by atoms with Gasteiger partial charge in [-0.3, -0.25) is 0 Å². The van der Waals surface area contributed by atoms with Crippen molar-refractivity contribution in [2.24, 2.45) is 0 Å². The third-order valence-corrected chi connectivity index (χ3v) is 2.98. The zero-order chi connectivity index (χ0) is 10.0. The molecule has 0 bridgehead atoms. The number of hydrogen-bond donors (Lipinski definition) is 1. The molecule has 76 valence electrons. The molecule has 1 fully saturated rings. The molecule has 0 radical (unpaired) electrons. The Bertz CT molecular complexity index is 298. The molecule has 0 aliphatic heterocycles. The first-order chi connectivity index (χ1) is 6.71. The van der Waals surface area contributed by atoms with Crippen LogP contribution in [-0.2, 0) is 5.60 Å². The molecule has 2 atom stereocenters. The third kappa shape index (κ3) is 1.80. The van der Waals surface area contributed by atoms with Gasteiger partial charge in [0.05, 0.1) is 5.60 Å². The van der Waals surface area contributed by atoms with Gasteiger partial charge in [0.25, 0.3) is 0 Å². The van der Waals surface area contributed by atoms with Gasteiger partial charge in [-0.1, -0.05) is 30.3 Å². The summed E-state index contributed by atoms with van der Waals surface area (Å²) in [5, 5.41) is 10.3. The van der Waals surface area contributed by atoms with E-state index in [0.717, 1.165) is 12.0 Å². The van der Waals surface area contributed by atoms with Crippen molar-refractivity contribution in [1.82, 2.24) is 0 Å². The van der Waals surface area contributed by atoms with E-state index < -0.39 is 11.8 Å². The van der Waals surface area contributed by atoms with E-state index in [2.05, 4.69) is 0 Å². The number of halogens is 1. The van der Waals surface area contributed by atoms with Crippen molar-refractivity contribution in [3.8, 4) is 0 Å². The average Bonchev–Trinajstić information content (AvgIpc) is 2.19. The van der Waals surface area contributed by atoms with Gasteiger partial charge in [-0.05, 0) is 24.8 Å². The SMILES string of the molecule is O[C@]1(c2ccccc2)CCC[C@H](F)C1. The first-order valence-electron chi connectivity index (χ1n) is 5.13. The molecule has 14 heavy (non-hydrogen) atoms. The van der Waals surface area contributed by atoms with Crippen molar-refractivity contribution >= 4 is 0 Å². The molecule has 1 nitrogen and oxygen atoms in total. The van der Waals surface area contributed by atoms with E-state index in [1.54, 1.807) is 0 Å². The Hall–Kier alpha value is -0.890. The second-order valence-electron chi connectivity index (χ2n) is 4.09. The highest BCUT2D eigenvalue weighted by Crippen LogP contribution is 2.37. The van der Waals surface area contributed by atoms with E-state index >= 15 is 0 Å². The summed E-state index contributed by atoms with van der Waals surface area (Å²) in [5.41, 5.74) is -0.0822. The molecule has 2 rings (SSSR count). The minimum absolute atomic E-state index is 0.247. The second-order valence-corrected chi connectivity index (χ2v) is 4.09. The number of aliphatic hydroxyl groups is 1. The fourth-order valence-electron chi connectivity index (χ4n) is 2.20. The number of benzene rings is 1. The summed E-state index contributed by atoms with van der Waals surface area (Å²) in [6.07, 6.45) is 1.44. The van der Waals surface area contributed by atoms with Crippen LogP contribution in [-0.4, -0.2) is 11.3 Å². The molecule has 0 aromatic heterocycles. The van der Waals surface area contributed by atoms with Gasteiger partial charge in [0, 0.05) is 6.42 Å². The Morgan fingerprint density at radius 2 is 2.00 bits per heavy atom. The zero-order valence-electron chi connectivity index (χ0n) is 8.12. The molecule has 0 amide bonds. The van der Waals surface area contributed by atoms with E-state index in [1.165, 1.54) is 0 Å². The maximum atomic E-state index is 13.2. The van der Waals surface area contributed by atoms with Crippen LogP contribution in [0.15, 0.2) is 30.3 Å². The molecule has 1 aromatic carbocycles. The Labute approximate surface area is 83.6 Å². The first kappa shape index (κ1) is 9.66. The van der Waals surface area contributed by atoms with Gasteiger partial charge in [-0.2, -0.15) is 0 Å². The van der Waals surface area contributed by atoms with Crippen molar-refractivity contribution in [2.45, 2.75) is 37.5 Å². The maximum Gasteiger partial charge on any atom is 0.103 e. The van der Waals surface area contributed by atoms with Crippen LogP contribution in [0.1, 0.15) is 31.2 Å². The van der Waals surface area contributed by atoms with E-state index in [-0.39, 0.29) is 6.42 Å². The van der Waals surface area contributed by atoms with Crippen molar-refractivity contribution in [3.63, 3.8) is 0 Å². The fourth-order valence-corrected chi connectivity index (χ4v) is 2.20. The predicted molar refractivity (Wildman–Crippen MR) is 53.7 cm³/mol. The molecule has 0 unspecified atom stereocenters. The summed E-state index contributed by atoms with van der Waals surface area (Å²) in [6, 6.07) is 9.42. The van der Waals surface area contributed by atoms with Gasteiger partial charge >= 0.3 is 0 Å². The smallest absolute Gasteiger partial charge is 0.103 e. The van der Waals surface area contributed by atoms with Crippen LogP contribution in [0.2, 0.25) is 0 Å². The molecule has 2 heteroatoms. The lowest BCUT2D eigenvalue weighted by Gasteiger charge is -2.34. The normalized spacial score (nSPS) is 32.9. The largest absolute Gasteiger partial charge is 0.385 e. The monoisotopic (exact) mass is 194 g/mol. The Kier molecular flexibility index (Phi) is 2.55. The maximum absolute atomic E-state index is 13.2. The molecule has 1 aliphatic rings. The van der Waals surface area contributed by atoms with Gasteiger partial charge in [-0.25, -0.2) is 4.39 Å². The minimum Gasteiger partial charge on any atom is -0.385 e. The highest BCUT2D eigenvalue weighted by atomic mass is 19.1. The van der Waals surface area contributed by atoms with Gasteiger partial charge in [0.2, 0.25) is 0 Å². The van der Waals surface area contributed by atoms with Crippen molar-refractivity contribution in [2.75, 3.05) is 0 Å². The van der Waals surface area contributed by atoms with Crippen molar-refractivity contribution < 1.29 is 9.50 Å². The molecule has 1 saturated carbocycles. The van der Waals surface area contributed by atoms with Gasteiger partial charge in [-0.15, -0.1) is 0 Å².